The van der Waals surface area contributed by atoms with E-state index in [4.69, 9.17) is 10.2 Å². The van der Waals surface area contributed by atoms with Crippen molar-refractivity contribution in [3.05, 3.63) is 70.3 Å². The van der Waals surface area contributed by atoms with Gasteiger partial charge >= 0.3 is 0 Å². The molecule has 2 aromatic carbocycles. The summed E-state index contributed by atoms with van der Waals surface area (Å²) < 4.78 is 20.1. The zero-order valence-electron chi connectivity index (χ0n) is 10.8. The van der Waals surface area contributed by atoms with Gasteiger partial charge in [-0.1, -0.05) is 46.3 Å². The predicted octanol–water partition coefficient (Wildman–Crippen LogP) is 3.69. The standard InChI is InChI=1S/C15H11BrFN3O/c16-10-6-7-12(17)11(8-10)14-19-20-15(21-14)13(18)9-4-2-1-3-5-9/h1-8,13H,18H2. The first-order valence-electron chi connectivity index (χ1n) is 6.24. The van der Waals surface area contributed by atoms with Crippen LogP contribution in [0, 0.1) is 5.82 Å². The van der Waals surface area contributed by atoms with E-state index in [1.165, 1.54) is 6.07 Å². The number of rotatable bonds is 3. The Bertz CT molecular complexity index is 761. The van der Waals surface area contributed by atoms with Gasteiger partial charge in [-0.15, -0.1) is 10.2 Å². The van der Waals surface area contributed by atoms with E-state index in [1.807, 2.05) is 30.3 Å². The van der Waals surface area contributed by atoms with E-state index in [0.29, 0.717) is 0 Å². The number of halogens is 2. The molecule has 1 atom stereocenters. The van der Waals surface area contributed by atoms with Gasteiger partial charge in [0.1, 0.15) is 11.9 Å². The maximum absolute atomic E-state index is 13.8. The topological polar surface area (TPSA) is 64.9 Å². The van der Waals surface area contributed by atoms with E-state index in [1.54, 1.807) is 12.1 Å². The van der Waals surface area contributed by atoms with Crippen molar-refractivity contribution in [2.24, 2.45) is 5.73 Å². The molecule has 6 heteroatoms. The quantitative estimate of drug-likeness (QED) is 0.784. The molecule has 0 saturated carbocycles. The van der Waals surface area contributed by atoms with Gasteiger partial charge in [-0.05, 0) is 23.8 Å². The van der Waals surface area contributed by atoms with Crippen LogP contribution < -0.4 is 5.73 Å². The molecule has 3 aromatic rings. The third-order valence-electron chi connectivity index (χ3n) is 3.02. The molecule has 106 valence electrons. The van der Waals surface area contributed by atoms with E-state index in [9.17, 15) is 4.39 Å². The Kier molecular flexibility index (Phi) is 3.81. The van der Waals surface area contributed by atoms with E-state index < -0.39 is 11.9 Å². The maximum Gasteiger partial charge on any atom is 0.250 e. The van der Waals surface area contributed by atoms with Gasteiger partial charge in [-0.25, -0.2) is 4.39 Å². The average molecular weight is 348 g/mol. The highest BCUT2D eigenvalue weighted by molar-refractivity contribution is 9.10. The van der Waals surface area contributed by atoms with Crippen molar-refractivity contribution >= 4 is 15.9 Å². The molecule has 0 bridgehead atoms. The second-order valence-corrected chi connectivity index (χ2v) is 5.37. The molecule has 0 aliphatic rings. The lowest BCUT2D eigenvalue weighted by molar-refractivity contribution is 0.481. The lowest BCUT2D eigenvalue weighted by atomic mass is 10.1. The summed E-state index contributed by atoms with van der Waals surface area (Å²) in [6.45, 7) is 0. The summed E-state index contributed by atoms with van der Waals surface area (Å²) in [7, 11) is 0. The van der Waals surface area contributed by atoms with Crippen molar-refractivity contribution in [1.29, 1.82) is 0 Å². The van der Waals surface area contributed by atoms with Gasteiger partial charge in [-0.3, -0.25) is 0 Å². The summed E-state index contributed by atoms with van der Waals surface area (Å²) in [6, 6.07) is 13.4. The first-order valence-corrected chi connectivity index (χ1v) is 7.04. The number of nitrogens with zero attached hydrogens (tertiary/aromatic N) is 2. The van der Waals surface area contributed by atoms with Crippen LogP contribution in [0.5, 0.6) is 0 Å². The molecular formula is C15H11BrFN3O. The lowest BCUT2D eigenvalue weighted by Crippen LogP contribution is -2.11. The Labute approximate surface area is 128 Å². The lowest BCUT2D eigenvalue weighted by Gasteiger charge is -2.06. The SMILES string of the molecule is NC(c1ccccc1)c1nnc(-c2cc(Br)ccc2F)o1. The van der Waals surface area contributed by atoms with Crippen molar-refractivity contribution in [3.8, 4) is 11.5 Å². The fourth-order valence-corrected chi connectivity index (χ4v) is 2.29. The van der Waals surface area contributed by atoms with Gasteiger partial charge in [0.25, 0.3) is 5.89 Å². The minimum Gasteiger partial charge on any atom is -0.418 e. The molecule has 0 amide bonds. The van der Waals surface area contributed by atoms with E-state index in [-0.39, 0.29) is 17.3 Å². The minimum atomic E-state index is -0.539. The largest absolute Gasteiger partial charge is 0.418 e. The number of aromatic nitrogens is 2. The van der Waals surface area contributed by atoms with Gasteiger partial charge in [0.15, 0.2) is 0 Å². The Morgan fingerprint density at radius 1 is 1.10 bits per heavy atom. The third kappa shape index (κ3) is 2.86. The summed E-state index contributed by atoms with van der Waals surface area (Å²) in [5.74, 6) is -0.0764. The van der Waals surface area contributed by atoms with Gasteiger partial charge < -0.3 is 10.2 Å². The van der Waals surface area contributed by atoms with Gasteiger partial charge in [0.05, 0.1) is 5.56 Å². The number of nitrogens with two attached hydrogens (primary N) is 1. The summed E-state index contributed by atoms with van der Waals surface area (Å²) in [5, 5.41) is 7.79. The average Bonchev–Trinajstić information content (AvgIpc) is 2.99. The molecule has 0 spiro atoms. The van der Waals surface area contributed by atoms with Crippen molar-refractivity contribution in [3.63, 3.8) is 0 Å². The summed E-state index contributed by atoms with van der Waals surface area (Å²) in [5.41, 5.74) is 7.17. The first-order chi connectivity index (χ1) is 10.1. The molecule has 0 aliphatic carbocycles. The third-order valence-corrected chi connectivity index (χ3v) is 3.52. The maximum atomic E-state index is 13.8. The van der Waals surface area contributed by atoms with Crippen molar-refractivity contribution < 1.29 is 8.81 Å². The monoisotopic (exact) mass is 347 g/mol. The first kappa shape index (κ1) is 13.9. The summed E-state index contributed by atoms with van der Waals surface area (Å²) in [4.78, 5) is 0. The second-order valence-electron chi connectivity index (χ2n) is 4.46. The highest BCUT2D eigenvalue weighted by Crippen LogP contribution is 2.27. The number of hydrogen-bond acceptors (Lipinski definition) is 4. The number of benzene rings is 2. The fourth-order valence-electron chi connectivity index (χ4n) is 1.93. The predicted molar refractivity (Wildman–Crippen MR) is 79.9 cm³/mol. The molecule has 3 rings (SSSR count). The van der Waals surface area contributed by atoms with Crippen LogP contribution in [0.3, 0.4) is 0 Å². The fraction of sp³-hybridized carbons (Fsp3) is 0.0667. The van der Waals surface area contributed by atoms with Crippen LogP contribution in [-0.2, 0) is 0 Å². The molecule has 4 nitrogen and oxygen atoms in total. The molecule has 0 fully saturated rings. The second kappa shape index (κ2) is 5.75. The Hall–Kier alpha value is -2.05. The summed E-state index contributed by atoms with van der Waals surface area (Å²) in [6.07, 6.45) is 0. The van der Waals surface area contributed by atoms with Crippen LogP contribution in [0.4, 0.5) is 4.39 Å². The van der Waals surface area contributed by atoms with E-state index in [2.05, 4.69) is 26.1 Å². The zero-order chi connectivity index (χ0) is 14.8. The Morgan fingerprint density at radius 3 is 2.62 bits per heavy atom. The van der Waals surface area contributed by atoms with Crippen molar-refractivity contribution in [2.45, 2.75) is 6.04 Å². The molecular weight excluding hydrogens is 337 g/mol. The van der Waals surface area contributed by atoms with Crippen LogP contribution >= 0.6 is 15.9 Å². The normalized spacial score (nSPS) is 12.3. The smallest absolute Gasteiger partial charge is 0.250 e. The highest BCUT2D eigenvalue weighted by Gasteiger charge is 2.19. The molecule has 1 unspecified atom stereocenters. The molecule has 1 heterocycles. The summed E-state index contributed by atoms with van der Waals surface area (Å²) >= 11 is 3.28. The van der Waals surface area contributed by atoms with Crippen LogP contribution in [-0.4, -0.2) is 10.2 Å². The molecule has 1 aromatic heterocycles. The van der Waals surface area contributed by atoms with Crippen LogP contribution in [0.15, 0.2) is 57.4 Å². The van der Waals surface area contributed by atoms with Crippen LogP contribution in [0.25, 0.3) is 11.5 Å². The minimum absolute atomic E-state index is 0.107. The van der Waals surface area contributed by atoms with Crippen molar-refractivity contribution in [2.75, 3.05) is 0 Å². The van der Waals surface area contributed by atoms with Gasteiger partial charge in [0, 0.05) is 4.47 Å². The molecule has 0 saturated heterocycles. The highest BCUT2D eigenvalue weighted by atomic mass is 79.9. The number of hydrogen-bond donors (Lipinski definition) is 1. The van der Waals surface area contributed by atoms with Gasteiger partial charge in [-0.2, -0.15) is 0 Å². The molecule has 2 N–H and O–H groups in total. The van der Waals surface area contributed by atoms with Gasteiger partial charge in [0.2, 0.25) is 5.89 Å². The van der Waals surface area contributed by atoms with E-state index in [0.717, 1.165) is 10.0 Å². The molecule has 21 heavy (non-hydrogen) atoms. The van der Waals surface area contributed by atoms with Crippen LogP contribution in [0.2, 0.25) is 0 Å². The zero-order valence-corrected chi connectivity index (χ0v) is 12.4. The molecule has 0 aliphatic heterocycles. The molecule has 0 radical (unpaired) electrons. The van der Waals surface area contributed by atoms with Crippen LogP contribution in [0.1, 0.15) is 17.5 Å². The van der Waals surface area contributed by atoms with Crippen molar-refractivity contribution in [1.82, 2.24) is 10.2 Å². The Morgan fingerprint density at radius 2 is 1.86 bits per heavy atom. The Balaban J connectivity index is 1.95. The van der Waals surface area contributed by atoms with E-state index >= 15 is 0 Å².